The lowest BCUT2D eigenvalue weighted by Crippen LogP contribution is -1.63. The summed E-state index contributed by atoms with van der Waals surface area (Å²) in [6.45, 7) is 12.2. The predicted molar refractivity (Wildman–Crippen MR) is 77.8 cm³/mol. The molecule has 0 unspecified atom stereocenters. The van der Waals surface area contributed by atoms with E-state index in [1.807, 2.05) is 36.4 Å². The number of allylic oxidation sites excluding steroid dienone is 4. The van der Waals surface area contributed by atoms with Crippen LogP contribution in [0.25, 0.3) is 6.08 Å². The topological polar surface area (TPSA) is 17.1 Å². The molecule has 0 saturated carbocycles. The first-order valence-corrected chi connectivity index (χ1v) is 5.24. The molecule has 1 nitrogen and oxygen atoms in total. The Morgan fingerprint density at radius 3 is 1.71 bits per heavy atom. The van der Waals surface area contributed by atoms with Crippen molar-refractivity contribution in [2.45, 2.75) is 6.92 Å². The molecule has 0 heterocycles. The Labute approximate surface area is 104 Å². The monoisotopic (exact) mass is 228 g/mol. The van der Waals surface area contributed by atoms with Crippen LogP contribution in [-0.2, 0) is 4.79 Å². The number of carbonyl (C=O) groups excluding carboxylic acids is 1. The zero-order valence-corrected chi connectivity index (χ0v) is 10.4. The first kappa shape index (κ1) is 17.3. The van der Waals surface area contributed by atoms with Crippen LogP contribution in [0.15, 0.2) is 74.4 Å². The molecule has 0 N–H and O–H groups in total. The lowest BCUT2D eigenvalue weighted by Gasteiger charge is -1.85. The fourth-order valence-electron chi connectivity index (χ4n) is 0.668. The number of hydrogen-bond acceptors (Lipinski definition) is 1. The van der Waals surface area contributed by atoms with Crippen molar-refractivity contribution in [1.29, 1.82) is 0 Å². The Bertz CT molecular complexity index is 328. The summed E-state index contributed by atoms with van der Waals surface area (Å²) < 4.78 is 0. The van der Waals surface area contributed by atoms with Crippen LogP contribution < -0.4 is 0 Å². The second kappa shape index (κ2) is 16.3. The number of aldehydes is 1. The van der Waals surface area contributed by atoms with E-state index in [-0.39, 0.29) is 0 Å². The average molecular weight is 228 g/mol. The average Bonchev–Trinajstić information content (AvgIpc) is 2.41. The van der Waals surface area contributed by atoms with Crippen LogP contribution in [0.1, 0.15) is 12.5 Å². The minimum atomic E-state index is 0.750. The van der Waals surface area contributed by atoms with Gasteiger partial charge in [0.15, 0.2) is 0 Å². The summed E-state index contributed by atoms with van der Waals surface area (Å²) in [5.74, 6) is 0. The van der Waals surface area contributed by atoms with Crippen LogP contribution in [-0.4, -0.2) is 6.29 Å². The van der Waals surface area contributed by atoms with E-state index in [9.17, 15) is 4.79 Å². The van der Waals surface area contributed by atoms with Crippen molar-refractivity contribution in [1.82, 2.24) is 0 Å². The Balaban J connectivity index is 0. The van der Waals surface area contributed by atoms with Crippen molar-refractivity contribution in [2.75, 3.05) is 0 Å². The van der Waals surface area contributed by atoms with Gasteiger partial charge in [0.2, 0.25) is 0 Å². The van der Waals surface area contributed by atoms with Crippen LogP contribution in [0.3, 0.4) is 0 Å². The molecule has 0 amide bonds. The molecule has 0 aromatic heterocycles. The van der Waals surface area contributed by atoms with E-state index in [2.05, 4.69) is 19.7 Å². The Kier molecular flexibility index (Phi) is 16.5. The maximum Gasteiger partial charge on any atom is 0.142 e. The van der Waals surface area contributed by atoms with Crippen LogP contribution in [0.4, 0.5) is 0 Å². The SMILES string of the molecule is C/C=C/C=O.C=CC=C.C=Cc1ccccc1. The number of rotatable bonds is 3. The van der Waals surface area contributed by atoms with Crippen molar-refractivity contribution < 1.29 is 4.79 Å². The van der Waals surface area contributed by atoms with Gasteiger partial charge in [-0.1, -0.05) is 74.4 Å². The Morgan fingerprint density at radius 1 is 1.00 bits per heavy atom. The van der Waals surface area contributed by atoms with E-state index in [0.717, 1.165) is 6.29 Å². The van der Waals surface area contributed by atoms with Gasteiger partial charge in [-0.05, 0) is 18.6 Å². The zero-order valence-electron chi connectivity index (χ0n) is 10.4. The van der Waals surface area contributed by atoms with Gasteiger partial charge in [0.05, 0.1) is 0 Å². The van der Waals surface area contributed by atoms with Gasteiger partial charge in [-0.15, -0.1) is 0 Å². The number of carbonyl (C=O) groups is 1. The molecule has 0 aliphatic carbocycles. The second-order valence-electron chi connectivity index (χ2n) is 2.75. The van der Waals surface area contributed by atoms with Gasteiger partial charge in [-0.25, -0.2) is 0 Å². The van der Waals surface area contributed by atoms with E-state index in [1.165, 1.54) is 11.6 Å². The Morgan fingerprint density at radius 2 is 1.53 bits per heavy atom. The molecule has 90 valence electrons. The van der Waals surface area contributed by atoms with E-state index >= 15 is 0 Å². The van der Waals surface area contributed by atoms with Crippen molar-refractivity contribution in [3.8, 4) is 0 Å². The fourth-order valence-corrected chi connectivity index (χ4v) is 0.668. The first-order chi connectivity index (χ1) is 8.26. The fraction of sp³-hybridized carbons (Fsp3) is 0.0625. The normalized spacial score (nSPS) is 7.82. The van der Waals surface area contributed by atoms with Crippen LogP contribution >= 0.6 is 0 Å². The van der Waals surface area contributed by atoms with Crippen LogP contribution in [0.2, 0.25) is 0 Å². The van der Waals surface area contributed by atoms with Crippen LogP contribution in [0, 0.1) is 0 Å². The van der Waals surface area contributed by atoms with Crippen molar-refractivity contribution in [3.63, 3.8) is 0 Å². The highest BCUT2D eigenvalue weighted by Crippen LogP contribution is 1.97. The summed E-state index contributed by atoms with van der Waals surface area (Å²) in [6.07, 6.45) is 8.99. The second-order valence-corrected chi connectivity index (χ2v) is 2.75. The highest BCUT2D eigenvalue weighted by molar-refractivity contribution is 5.64. The van der Waals surface area contributed by atoms with E-state index in [4.69, 9.17) is 0 Å². The van der Waals surface area contributed by atoms with Gasteiger partial charge in [0.25, 0.3) is 0 Å². The molecule has 1 aromatic carbocycles. The molecule has 0 aliphatic heterocycles. The molecule has 0 saturated heterocycles. The molecule has 0 spiro atoms. The maximum atomic E-state index is 9.32. The molecule has 0 aliphatic rings. The molecule has 0 fully saturated rings. The molecule has 0 bridgehead atoms. The van der Waals surface area contributed by atoms with Gasteiger partial charge >= 0.3 is 0 Å². The van der Waals surface area contributed by atoms with Gasteiger partial charge in [0.1, 0.15) is 6.29 Å². The summed E-state index contributed by atoms with van der Waals surface area (Å²) in [5.41, 5.74) is 1.17. The lowest BCUT2D eigenvalue weighted by molar-refractivity contribution is -0.104. The van der Waals surface area contributed by atoms with Crippen molar-refractivity contribution >= 4 is 12.4 Å². The zero-order chi connectivity index (χ0) is 13.4. The third kappa shape index (κ3) is 16.5. The standard InChI is InChI=1S/C8H8.C4H6O.C4H6/c1-2-8-6-4-3-5-7-8;1-2-3-4-5;1-3-4-2/h2-7H,1H2;2-4H,1H3;3-4H,1-2H2/b;3-2+;. The van der Waals surface area contributed by atoms with Crippen molar-refractivity contribution in [3.05, 3.63) is 79.9 Å². The summed E-state index contributed by atoms with van der Waals surface area (Å²) >= 11 is 0. The highest BCUT2D eigenvalue weighted by Gasteiger charge is 1.75. The molecule has 0 atom stereocenters. The number of benzene rings is 1. The van der Waals surface area contributed by atoms with Crippen LogP contribution in [0.5, 0.6) is 0 Å². The summed E-state index contributed by atoms with van der Waals surface area (Å²) in [7, 11) is 0. The minimum Gasteiger partial charge on any atom is -0.299 e. The highest BCUT2D eigenvalue weighted by atomic mass is 16.1. The molecule has 0 radical (unpaired) electrons. The molecular formula is C16H20O. The van der Waals surface area contributed by atoms with E-state index < -0.39 is 0 Å². The summed E-state index contributed by atoms with van der Waals surface area (Å²) in [5, 5.41) is 0. The molecule has 17 heavy (non-hydrogen) atoms. The predicted octanol–water partition coefficient (Wildman–Crippen LogP) is 4.45. The molecule has 1 rings (SSSR count). The number of hydrogen-bond donors (Lipinski definition) is 0. The van der Waals surface area contributed by atoms with Gasteiger partial charge in [-0.3, -0.25) is 4.79 Å². The maximum absolute atomic E-state index is 9.32. The molecule has 1 heteroatoms. The first-order valence-electron chi connectivity index (χ1n) is 5.24. The Hall–Kier alpha value is -2.15. The van der Waals surface area contributed by atoms with Gasteiger partial charge < -0.3 is 0 Å². The lowest BCUT2D eigenvalue weighted by atomic mass is 10.2. The summed E-state index contributed by atoms with van der Waals surface area (Å²) in [4.78, 5) is 9.32. The molecule has 1 aromatic rings. The van der Waals surface area contributed by atoms with E-state index in [1.54, 1.807) is 25.2 Å². The summed E-state index contributed by atoms with van der Waals surface area (Å²) in [6, 6.07) is 10.0. The third-order valence-corrected chi connectivity index (χ3v) is 1.47. The van der Waals surface area contributed by atoms with Crippen molar-refractivity contribution in [2.24, 2.45) is 0 Å². The quantitative estimate of drug-likeness (QED) is 0.424. The minimum absolute atomic E-state index is 0.750. The molecular weight excluding hydrogens is 208 g/mol. The van der Waals surface area contributed by atoms with Gasteiger partial charge in [-0.2, -0.15) is 0 Å². The largest absolute Gasteiger partial charge is 0.299 e. The van der Waals surface area contributed by atoms with E-state index in [0.29, 0.717) is 0 Å². The smallest absolute Gasteiger partial charge is 0.142 e. The van der Waals surface area contributed by atoms with Gasteiger partial charge in [0, 0.05) is 0 Å². The third-order valence-electron chi connectivity index (χ3n) is 1.47.